The second-order valence-electron chi connectivity index (χ2n) is 9.84. The Labute approximate surface area is 238 Å². The minimum absolute atomic E-state index is 0.00611. The number of fused-ring (bicyclic) bond motifs is 1. The van der Waals surface area contributed by atoms with Gasteiger partial charge in [0.1, 0.15) is 24.1 Å². The summed E-state index contributed by atoms with van der Waals surface area (Å²) in [7, 11) is 0. The van der Waals surface area contributed by atoms with E-state index in [1.165, 1.54) is 30.5 Å². The van der Waals surface area contributed by atoms with Crippen molar-refractivity contribution in [1.82, 2.24) is 19.5 Å². The van der Waals surface area contributed by atoms with Gasteiger partial charge >= 0.3 is 12.0 Å². The highest BCUT2D eigenvalue weighted by Crippen LogP contribution is 2.27. The Morgan fingerprint density at radius 3 is 2.60 bits per heavy atom. The molecule has 11 heteroatoms. The summed E-state index contributed by atoms with van der Waals surface area (Å²) in [6, 6.07) is 17.1. The molecule has 3 aromatic carbocycles. The van der Waals surface area contributed by atoms with E-state index in [0.29, 0.717) is 46.8 Å². The van der Waals surface area contributed by atoms with Crippen LogP contribution < -0.4 is 4.74 Å². The summed E-state index contributed by atoms with van der Waals surface area (Å²) in [5, 5.41) is 18.4. The number of ether oxygens (including phenoxy) is 2. The summed E-state index contributed by atoms with van der Waals surface area (Å²) in [6.45, 7) is 1.02. The van der Waals surface area contributed by atoms with Crippen molar-refractivity contribution in [2.75, 3.05) is 6.61 Å². The molecule has 1 N–H and O–H groups in total. The number of aromatic nitrogens is 4. The standard InChI is InChI=1S/C31H23F2N5O4/c32-24-11-18(15-34)1-2-22(24)17-42-31-35-9-7-26(37-31)20-4-3-19(25(33)12-20)14-29-36-27-6-5-21(30(39)40)13-28(27)38(29)16-23-8-10-41-23/h1-7,9,11-13,23H,8,10,14,16-17H2,(H,39,40)/t23-/m0/s1. The van der Waals surface area contributed by atoms with E-state index >= 15 is 4.39 Å². The van der Waals surface area contributed by atoms with Crippen molar-refractivity contribution in [3.8, 4) is 23.3 Å². The number of nitrogens with zero attached hydrogens (tertiary/aromatic N) is 5. The molecule has 210 valence electrons. The smallest absolute Gasteiger partial charge is 0.335 e. The predicted molar refractivity (Wildman–Crippen MR) is 147 cm³/mol. The van der Waals surface area contributed by atoms with Gasteiger partial charge in [0.25, 0.3) is 0 Å². The normalized spacial score (nSPS) is 14.4. The van der Waals surface area contributed by atoms with Gasteiger partial charge < -0.3 is 19.1 Å². The average Bonchev–Trinajstić information content (AvgIpc) is 3.31. The largest absolute Gasteiger partial charge is 0.478 e. The predicted octanol–water partition coefficient (Wildman–Crippen LogP) is 5.30. The fourth-order valence-corrected chi connectivity index (χ4v) is 4.74. The van der Waals surface area contributed by atoms with Crippen molar-refractivity contribution in [3.05, 3.63) is 107 Å². The van der Waals surface area contributed by atoms with E-state index in [4.69, 9.17) is 14.7 Å². The molecule has 1 atom stereocenters. The number of halogens is 2. The first-order chi connectivity index (χ1) is 20.4. The molecule has 3 heterocycles. The number of benzene rings is 3. The number of carboxylic acids is 1. The van der Waals surface area contributed by atoms with Crippen LogP contribution in [0.3, 0.4) is 0 Å². The van der Waals surface area contributed by atoms with E-state index in [1.54, 1.807) is 30.3 Å². The van der Waals surface area contributed by atoms with Gasteiger partial charge in [0, 0.05) is 30.4 Å². The maximum absolute atomic E-state index is 15.4. The summed E-state index contributed by atoms with van der Waals surface area (Å²) in [6.07, 6.45) is 2.52. The van der Waals surface area contributed by atoms with E-state index in [0.717, 1.165) is 12.5 Å². The first kappa shape index (κ1) is 27.0. The van der Waals surface area contributed by atoms with Gasteiger partial charge in [0.2, 0.25) is 0 Å². The molecule has 6 rings (SSSR count). The molecular weight excluding hydrogens is 544 g/mol. The molecule has 1 aliphatic rings. The maximum Gasteiger partial charge on any atom is 0.335 e. The Kier molecular flexibility index (Phi) is 7.29. The molecule has 42 heavy (non-hydrogen) atoms. The summed E-state index contributed by atoms with van der Waals surface area (Å²) in [5.41, 5.74) is 3.20. The minimum atomic E-state index is -1.03. The zero-order chi connectivity index (χ0) is 29.2. The molecule has 9 nitrogen and oxygen atoms in total. The van der Waals surface area contributed by atoms with Crippen molar-refractivity contribution in [1.29, 1.82) is 5.26 Å². The van der Waals surface area contributed by atoms with Crippen LogP contribution in [-0.4, -0.2) is 43.3 Å². The van der Waals surface area contributed by atoms with Gasteiger partial charge in [0.15, 0.2) is 0 Å². The Balaban J connectivity index is 1.23. The van der Waals surface area contributed by atoms with Crippen LogP contribution in [0.4, 0.5) is 8.78 Å². The van der Waals surface area contributed by atoms with Gasteiger partial charge in [0.05, 0.1) is 46.6 Å². The highest BCUT2D eigenvalue weighted by molar-refractivity contribution is 5.92. The van der Waals surface area contributed by atoms with E-state index < -0.39 is 17.6 Å². The molecule has 0 saturated carbocycles. The van der Waals surface area contributed by atoms with Crippen LogP contribution in [0.5, 0.6) is 6.01 Å². The topological polar surface area (TPSA) is 123 Å². The van der Waals surface area contributed by atoms with Crippen LogP contribution in [0.2, 0.25) is 0 Å². The molecule has 0 aliphatic carbocycles. The summed E-state index contributed by atoms with van der Waals surface area (Å²) >= 11 is 0. The van der Waals surface area contributed by atoms with Crippen LogP contribution in [0.15, 0.2) is 66.9 Å². The second-order valence-corrected chi connectivity index (χ2v) is 9.84. The van der Waals surface area contributed by atoms with Crippen LogP contribution in [0.25, 0.3) is 22.3 Å². The van der Waals surface area contributed by atoms with Gasteiger partial charge in [-0.05, 0) is 54.4 Å². The Morgan fingerprint density at radius 1 is 1.07 bits per heavy atom. The third-order valence-electron chi connectivity index (χ3n) is 7.12. The SMILES string of the molecule is N#Cc1ccc(COc2nccc(-c3ccc(Cc4nc5ccc(C(=O)O)cc5n4C[C@@H]4CCO4)c(F)c3)n2)c(F)c1. The van der Waals surface area contributed by atoms with Gasteiger partial charge in [-0.3, -0.25) is 0 Å². The van der Waals surface area contributed by atoms with Crippen molar-refractivity contribution in [2.45, 2.75) is 32.1 Å². The zero-order valence-electron chi connectivity index (χ0n) is 22.1. The van der Waals surface area contributed by atoms with Crippen LogP contribution in [0, 0.1) is 23.0 Å². The number of aromatic carboxylic acids is 1. The van der Waals surface area contributed by atoms with Crippen LogP contribution in [0.1, 0.15) is 39.3 Å². The first-order valence-electron chi connectivity index (χ1n) is 13.1. The monoisotopic (exact) mass is 567 g/mol. The number of rotatable bonds is 9. The molecule has 1 fully saturated rings. The lowest BCUT2D eigenvalue weighted by molar-refractivity contribution is -0.0589. The Hall–Kier alpha value is -5.21. The van der Waals surface area contributed by atoms with Crippen LogP contribution >= 0.6 is 0 Å². The van der Waals surface area contributed by atoms with Crippen LogP contribution in [-0.2, 0) is 24.3 Å². The fourth-order valence-electron chi connectivity index (χ4n) is 4.74. The van der Waals surface area contributed by atoms with Crippen molar-refractivity contribution < 1.29 is 28.2 Å². The highest BCUT2D eigenvalue weighted by Gasteiger charge is 2.23. The summed E-state index contributed by atoms with van der Waals surface area (Å²) in [5.74, 6) is -1.47. The Morgan fingerprint density at radius 2 is 1.88 bits per heavy atom. The molecule has 0 spiro atoms. The number of hydrogen-bond acceptors (Lipinski definition) is 7. The average molecular weight is 568 g/mol. The van der Waals surface area contributed by atoms with Crippen molar-refractivity contribution >= 4 is 17.0 Å². The molecule has 0 amide bonds. The minimum Gasteiger partial charge on any atom is -0.478 e. The summed E-state index contributed by atoms with van der Waals surface area (Å²) in [4.78, 5) is 24.6. The Bertz CT molecular complexity index is 1860. The quantitative estimate of drug-likeness (QED) is 0.255. The van der Waals surface area contributed by atoms with Gasteiger partial charge in [-0.1, -0.05) is 18.2 Å². The van der Waals surface area contributed by atoms with Crippen molar-refractivity contribution in [2.24, 2.45) is 0 Å². The molecular formula is C31H23F2N5O4. The van der Waals surface area contributed by atoms with Crippen molar-refractivity contribution in [3.63, 3.8) is 0 Å². The molecule has 1 aliphatic heterocycles. The van der Waals surface area contributed by atoms with E-state index in [2.05, 4.69) is 15.0 Å². The third kappa shape index (κ3) is 5.53. The van der Waals surface area contributed by atoms with Gasteiger partial charge in [-0.15, -0.1) is 0 Å². The number of nitriles is 1. The van der Waals surface area contributed by atoms with Gasteiger partial charge in [-0.25, -0.2) is 23.5 Å². The molecule has 5 aromatic rings. The van der Waals surface area contributed by atoms with E-state index in [9.17, 15) is 14.3 Å². The maximum atomic E-state index is 15.4. The van der Waals surface area contributed by atoms with Gasteiger partial charge in [-0.2, -0.15) is 10.2 Å². The molecule has 1 saturated heterocycles. The fraction of sp³-hybridized carbons (Fsp3) is 0.194. The lowest BCUT2D eigenvalue weighted by Gasteiger charge is -2.27. The molecule has 0 radical (unpaired) electrons. The lowest BCUT2D eigenvalue weighted by atomic mass is 10.1. The number of imidazole rings is 1. The highest BCUT2D eigenvalue weighted by atomic mass is 19.1. The zero-order valence-corrected chi connectivity index (χ0v) is 22.1. The van der Waals surface area contributed by atoms with E-state index in [-0.39, 0.29) is 41.8 Å². The third-order valence-corrected chi connectivity index (χ3v) is 7.12. The lowest BCUT2D eigenvalue weighted by Crippen LogP contribution is -2.31. The molecule has 0 unspecified atom stereocenters. The second kappa shape index (κ2) is 11.3. The molecule has 2 aromatic heterocycles. The van der Waals surface area contributed by atoms with E-state index in [1.807, 2.05) is 10.6 Å². The number of carboxylic acid groups (broad SMARTS) is 1. The number of hydrogen-bond donors (Lipinski definition) is 1. The number of carbonyl (C=O) groups is 1. The first-order valence-corrected chi connectivity index (χ1v) is 13.1. The molecule has 0 bridgehead atoms. The summed E-state index contributed by atoms with van der Waals surface area (Å²) < 4.78 is 42.7.